The van der Waals surface area contributed by atoms with Crippen LogP contribution in [0.1, 0.15) is 24.0 Å². The number of aryl methyl sites for hydroxylation is 1. The smallest absolute Gasteiger partial charge is 0.165 e. The zero-order valence-corrected chi connectivity index (χ0v) is 12.2. The molecule has 0 atom stereocenters. The summed E-state index contributed by atoms with van der Waals surface area (Å²) in [4.78, 5) is 0. The number of ether oxygens (including phenoxy) is 1. The quantitative estimate of drug-likeness (QED) is 0.851. The number of halogens is 1. The predicted molar refractivity (Wildman–Crippen MR) is 78.7 cm³/mol. The third kappa shape index (κ3) is 3.82. The maximum Gasteiger partial charge on any atom is 0.165 e. The minimum atomic E-state index is -0.295. The summed E-state index contributed by atoms with van der Waals surface area (Å²) in [7, 11) is 1.88. The molecular weight excluding hydrogens is 269 g/mol. The van der Waals surface area contributed by atoms with Crippen LogP contribution in [0.3, 0.4) is 0 Å². The van der Waals surface area contributed by atoms with E-state index in [1.165, 1.54) is 18.9 Å². The molecule has 1 fully saturated rings. The summed E-state index contributed by atoms with van der Waals surface area (Å²) in [6.07, 6.45) is 6.90. The Labute approximate surface area is 123 Å². The summed E-state index contributed by atoms with van der Waals surface area (Å²) in [5, 5.41) is 7.50. The van der Waals surface area contributed by atoms with E-state index in [0.29, 0.717) is 24.9 Å². The fraction of sp³-hybridized carbons (Fsp3) is 0.438. The van der Waals surface area contributed by atoms with Crippen molar-refractivity contribution in [2.75, 3.05) is 6.61 Å². The molecule has 0 aliphatic heterocycles. The van der Waals surface area contributed by atoms with Crippen LogP contribution in [-0.2, 0) is 20.0 Å². The van der Waals surface area contributed by atoms with Gasteiger partial charge in [-0.1, -0.05) is 12.1 Å². The molecule has 2 aromatic rings. The molecule has 1 aromatic heterocycles. The van der Waals surface area contributed by atoms with Gasteiger partial charge in [0.25, 0.3) is 0 Å². The molecule has 0 amide bonds. The fourth-order valence-corrected chi connectivity index (χ4v) is 2.27. The summed E-state index contributed by atoms with van der Waals surface area (Å²) in [5.41, 5.74) is 1.97. The van der Waals surface area contributed by atoms with Crippen molar-refractivity contribution >= 4 is 0 Å². The van der Waals surface area contributed by atoms with Crippen LogP contribution >= 0.6 is 0 Å². The van der Waals surface area contributed by atoms with E-state index in [1.807, 2.05) is 19.3 Å². The second kappa shape index (κ2) is 6.26. The first kappa shape index (κ1) is 14.1. The van der Waals surface area contributed by atoms with E-state index in [0.717, 1.165) is 17.5 Å². The Morgan fingerprint density at radius 3 is 3.00 bits per heavy atom. The molecule has 1 aliphatic rings. The van der Waals surface area contributed by atoms with Crippen molar-refractivity contribution in [1.29, 1.82) is 0 Å². The third-order valence-corrected chi connectivity index (χ3v) is 3.60. The molecular formula is C16H20FN3O. The van der Waals surface area contributed by atoms with Gasteiger partial charge in [0.05, 0.1) is 12.8 Å². The predicted octanol–water partition coefficient (Wildman–Crippen LogP) is 2.43. The Hall–Kier alpha value is -1.88. The molecule has 1 heterocycles. The number of benzene rings is 1. The summed E-state index contributed by atoms with van der Waals surface area (Å²) in [6, 6.07) is 5.68. The number of aromatic nitrogens is 2. The zero-order chi connectivity index (χ0) is 14.7. The molecule has 1 saturated carbocycles. The van der Waals surface area contributed by atoms with Crippen LogP contribution in [0.25, 0.3) is 0 Å². The zero-order valence-electron chi connectivity index (χ0n) is 12.2. The van der Waals surface area contributed by atoms with Crippen molar-refractivity contribution in [2.24, 2.45) is 7.05 Å². The van der Waals surface area contributed by atoms with Crippen molar-refractivity contribution in [1.82, 2.24) is 15.1 Å². The molecule has 0 radical (unpaired) electrons. The van der Waals surface area contributed by atoms with Gasteiger partial charge < -0.3 is 10.1 Å². The first-order valence-electron chi connectivity index (χ1n) is 7.33. The Morgan fingerprint density at radius 2 is 2.29 bits per heavy atom. The van der Waals surface area contributed by atoms with Gasteiger partial charge in [-0.25, -0.2) is 4.39 Å². The molecule has 0 spiro atoms. The van der Waals surface area contributed by atoms with E-state index in [-0.39, 0.29) is 5.82 Å². The molecule has 1 N–H and O–H groups in total. The third-order valence-electron chi connectivity index (χ3n) is 3.60. The van der Waals surface area contributed by atoms with Crippen LogP contribution < -0.4 is 10.1 Å². The van der Waals surface area contributed by atoms with Gasteiger partial charge in [0.2, 0.25) is 0 Å². The van der Waals surface area contributed by atoms with E-state index in [2.05, 4.69) is 10.4 Å². The highest BCUT2D eigenvalue weighted by Gasteiger charge is 2.21. The SMILES string of the molecule is Cn1cc(CCOc2c(F)cccc2CNC2CC2)cn1. The van der Waals surface area contributed by atoms with E-state index in [4.69, 9.17) is 4.74 Å². The Morgan fingerprint density at radius 1 is 1.43 bits per heavy atom. The van der Waals surface area contributed by atoms with Crippen LogP contribution in [0.2, 0.25) is 0 Å². The van der Waals surface area contributed by atoms with Gasteiger partial charge in [-0.2, -0.15) is 5.10 Å². The lowest BCUT2D eigenvalue weighted by Crippen LogP contribution is -2.16. The molecule has 1 aliphatic carbocycles. The standard InChI is InChI=1S/C16H20FN3O/c1-20-11-12(9-19-20)7-8-21-16-13(3-2-4-15(16)17)10-18-14-5-6-14/h2-4,9,11,14,18H,5-8,10H2,1H3. The molecule has 0 saturated heterocycles. The highest BCUT2D eigenvalue weighted by molar-refractivity contribution is 5.35. The number of nitrogens with one attached hydrogen (secondary N) is 1. The molecule has 112 valence electrons. The summed E-state index contributed by atoms with van der Waals surface area (Å²) < 4.78 is 21.4. The van der Waals surface area contributed by atoms with E-state index < -0.39 is 0 Å². The number of rotatable bonds is 7. The van der Waals surface area contributed by atoms with Crippen molar-refractivity contribution in [3.8, 4) is 5.75 Å². The Balaban J connectivity index is 1.59. The summed E-state index contributed by atoms with van der Waals surface area (Å²) >= 11 is 0. The molecule has 5 heteroatoms. The lowest BCUT2D eigenvalue weighted by Gasteiger charge is -2.12. The number of para-hydroxylation sites is 1. The normalized spacial score (nSPS) is 14.4. The monoisotopic (exact) mass is 289 g/mol. The minimum absolute atomic E-state index is 0.295. The van der Waals surface area contributed by atoms with Crippen LogP contribution in [0, 0.1) is 5.82 Å². The van der Waals surface area contributed by atoms with Gasteiger partial charge >= 0.3 is 0 Å². The Bertz CT molecular complexity index is 607. The van der Waals surface area contributed by atoms with Crippen molar-refractivity contribution in [3.05, 3.63) is 47.5 Å². The van der Waals surface area contributed by atoms with Crippen LogP contribution in [0.5, 0.6) is 5.75 Å². The van der Waals surface area contributed by atoms with Gasteiger partial charge in [0.15, 0.2) is 11.6 Å². The second-order valence-corrected chi connectivity index (χ2v) is 5.50. The van der Waals surface area contributed by atoms with E-state index >= 15 is 0 Å². The number of nitrogens with zero attached hydrogens (tertiary/aromatic N) is 2. The minimum Gasteiger partial charge on any atom is -0.490 e. The Kier molecular flexibility index (Phi) is 4.20. The van der Waals surface area contributed by atoms with Gasteiger partial charge in [0, 0.05) is 37.8 Å². The second-order valence-electron chi connectivity index (χ2n) is 5.50. The van der Waals surface area contributed by atoms with Crippen molar-refractivity contribution in [2.45, 2.75) is 31.8 Å². The maximum absolute atomic E-state index is 14.0. The molecule has 21 heavy (non-hydrogen) atoms. The molecule has 0 bridgehead atoms. The topological polar surface area (TPSA) is 39.1 Å². The highest BCUT2D eigenvalue weighted by Crippen LogP contribution is 2.25. The lowest BCUT2D eigenvalue weighted by atomic mass is 10.2. The first-order valence-corrected chi connectivity index (χ1v) is 7.33. The first-order chi connectivity index (χ1) is 10.2. The van der Waals surface area contributed by atoms with Crippen LogP contribution in [-0.4, -0.2) is 22.4 Å². The van der Waals surface area contributed by atoms with Gasteiger partial charge in [-0.15, -0.1) is 0 Å². The maximum atomic E-state index is 14.0. The van der Waals surface area contributed by atoms with Crippen molar-refractivity contribution in [3.63, 3.8) is 0 Å². The van der Waals surface area contributed by atoms with Gasteiger partial charge in [-0.05, 0) is 24.5 Å². The lowest BCUT2D eigenvalue weighted by molar-refractivity contribution is 0.301. The highest BCUT2D eigenvalue weighted by atomic mass is 19.1. The molecule has 3 rings (SSSR count). The summed E-state index contributed by atoms with van der Waals surface area (Å²) in [6.45, 7) is 1.10. The van der Waals surface area contributed by atoms with Crippen LogP contribution in [0.4, 0.5) is 4.39 Å². The fourth-order valence-electron chi connectivity index (χ4n) is 2.27. The van der Waals surface area contributed by atoms with E-state index in [1.54, 1.807) is 16.9 Å². The molecule has 1 aromatic carbocycles. The number of hydrogen-bond acceptors (Lipinski definition) is 3. The molecule has 0 unspecified atom stereocenters. The molecule has 4 nitrogen and oxygen atoms in total. The van der Waals surface area contributed by atoms with Crippen molar-refractivity contribution < 1.29 is 9.13 Å². The van der Waals surface area contributed by atoms with Crippen LogP contribution in [0.15, 0.2) is 30.6 Å². The average molecular weight is 289 g/mol. The van der Waals surface area contributed by atoms with Gasteiger partial charge in [0.1, 0.15) is 0 Å². The van der Waals surface area contributed by atoms with Gasteiger partial charge in [-0.3, -0.25) is 4.68 Å². The summed E-state index contributed by atoms with van der Waals surface area (Å²) in [5.74, 6) is 0.0748. The average Bonchev–Trinajstić information content (AvgIpc) is 3.21. The number of hydrogen-bond donors (Lipinski definition) is 1. The largest absolute Gasteiger partial charge is 0.490 e. The van der Waals surface area contributed by atoms with E-state index in [9.17, 15) is 4.39 Å².